The van der Waals surface area contributed by atoms with Crippen molar-refractivity contribution in [2.45, 2.75) is 51.2 Å². The summed E-state index contributed by atoms with van der Waals surface area (Å²) in [5.74, 6) is 7.70. The van der Waals surface area contributed by atoms with E-state index in [1.807, 2.05) is 0 Å². The van der Waals surface area contributed by atoms with E-state index in [4.69, 9.17) is 10.3 Å². The van der Waals surface area contributed by atoms with E-state index in [0.29, 0.717) is 28.6 Å². The average Bonchev–Trinajstić information content (AvgIpc) is 3.22. The van der Waals surface area contributed by atoms with Gasteiger partial charge in [0.05, 0.1) is 17.6 Å². The lowest BCUT2D eigenvalue weighted by molar-refractivity contribution is -0.117. The average molecular weight is 407 g/mol. The number of aromatic nitrogens is 3. The number of nitrogen functional groups attached to an aromatic ring is 1. The van der Waals surface area contributed by atoms with Gasteiger partial charge in [-0.25, -0.2) is 9.47 Å². The summed E-state index contributed by atoms with van der Waals surface area (Å²) in [7, 11) is 0. The molecule has 0 bridgehead atoms. The Hall–Kier alpha value is -2.49. The number of carbonyl (C=O) groups excluding carboxylic acids is 2. The van der Waals surface area contributed by atoms with E-state index in [1.54, 1.807) is 19.3 Å². The molecule has 3 atom stereocenters. The minimum atomic E-state index is -0.458. The van der Waals surface area contributed by atoms with Crippen molar-refractivity contribution in [3.8, 4) is 11.4 Å². The quantitative estimate of drug-likeness (QED) is 0.513. The third kappa shape index (κ3) is 4.49. The molecule has 0 aliphatic heterocycles. The summed E-state index contributed by atoms with van der Waals surface area (Å²) in [6.07, 6.45) is 4.75. The van der Waals surface area contributed by atoms with Crippen molar-refractivity contribution in [1.82, 2.24) is 25.5 Å². The summed E-state index contributed by atoms with van der Waals surface area (Å²) in [5, 5.41) is 13.7. The zero-order chi connectivity index (χ0) is 20.3. The molecule has 2 aromatic heterocycles. The number of carbonyl (C=O) groups is 2. The molecule has 3 amide bonds. The van der Waals surface area contributed by atoms with Gasteiger partial charge in [-0.2, -0.15) is 0 Å². The van der Waals surface area contributed by atoms with Gasteiger partial charge in [0, 0.05) is 6.04 Å². The molecule has 0 saturated heterocycles. The number of thioether (sulfide) groups is 1. The predicted molar refractivity (Wildman–Crippen MR) is 106 cm³/mol. The lowest BCUT2D eigenvalue weighted by Gasteiger charge is -2.34. The van der Waals surface area contributed by atoms with Gasteiger partial charge in [0.1, 0.15) is 5.76 Å². The number of rotatable bonds is 5. The van der Waals surface area contributed by atoms with Crippen LogP contribution in [0, 0.1) is 18.8 Å². The summed E-state index contributed by atoms with van der Waals surface area (Å²) in [4.78, 5) is 24.2. The van der Waals surface area contributed by atoms with E-state index in [1.165, 1.54) is 11.1 Å². The Balaban J connectivity index is 1.50. The van der Waals surface area contributed by atoms with Crippen LogP contribution in [-0.4, -0.2) is 38.6 Å². The first kappa shape index (κ1) is 20.2. The highest BCUT2D eigenvalue weighted by molar-refractivity contribution is 7.99. The Morgan fingerprint density at radius 3 is 2.86 bits per heavy atom. The van der Waals surface area contributed by atoms with Crippen molar-refractivity contribution in [2.75, 3.05) is 11.6 Å². The summed E-state index contributed by atoms with van der Waals surface area (Å²) in [6, 6.07) is 1.39. The van der Waals surface area contributed by atoms with Crippen molar-refractivity contribution in [3.63, 3.8) is 0 Å². The second-order valence-corrected chi connectivity index (χ2v) is 8.19. The fourth-order valence-electron chi connectivity index (χ4n) is 3.46. The number of hydrogen-bond donors (Lipinski definition) is 3. The summed E-state index contributed by atoms with van der Waals surface area (Å²) in [6.45, 7) is 6.14. The Kier molecular flexibility index (Phi) is 6.28. The van der Waals surface area contributed by atoms with E-state index < -0.39 is 11.9 Å². The van der Waals surface area contributed by atoms with Gasteiger partial charge in [0.2, 0.25) is 11.1 Å². The molecule has 1 aliphatic rings. The molecule has 1 fully saturated rings. The Labute approximate surface area is 167 Å². The largest absolute Gasteiger partial charge is 0.469 e. The molecule has 1 saturated carbocycles. The molecule has 3 rings (SSSR count). The van der Waals surface area contributed by atoms with Crippen LogP contribution in [0.25, 0.3) is 11.4 Å². The fraction of sp³-hybridized carbons (Fsp3) is 0.556. The van der Waals surface area contributed by atoms with Gasteiger partial charge in [0.25, 0.3) is 0 Å². The summed E-state index contributed by atoms with van der Waals surface area (Å²) in [5.41, 5.74) is 0.738. The lowest BCUT2D eigenvalue weighted by Crippen LogP contribution is -2.49. The molecule has 2 aromatic rings. The number of amides is 3. The zero-order valence-electron chi connectivity index (χ0n) is 16.3. The monoisotopic (exact) mass is 406 g/mol. The molecular weight excluding hydrogens is 380 g/mol. The van der Waals surface area contributed by atoms with Crippen molar-refractivity contribution in [1.29, 1.82) is 0 Å². The smallest absolute Gasteiger partial charge is 0.321 e. The highest BCUT2D eigenvalue weighted by atomic mass is 32.2. The number of urea groups is 1. The van der Waals surface area contributed by atoms with Crippen LogP contribution >= 0.6 is 11.8 Å². The Morgan fingerprint density at radius 1 is 1.36 bits per heavy atom. The van der Waals surface area contributed by atoms with E-state index in [0.717, 1.165) is 30.2 Å². The normalized spacial score (nSPS) is 22.0. The number of nitrogens with one attached hydrogen (secondary N) is 2. The molecule has 0 unspecified atom stereocenters. The topological polar surface area (TPSA) is 128 Å². The van der Waals surface area contributed by atoms with Crippen LogP contribution in [-0.2, 0) is 4.79 Å². The van der Waals surface area contributed by atoms with E-state index >= 15 is 0 Å². The third-order valence-corrected chi connectivity index (χ3v) is 6.32. The van der Waals surface area contributed by atoms with Crippen molar-refractivity contribution >= 4 is 23.7 Å². The third-order valence-electron chi connectivity index (χ3n) is 5.37. The van der Waals surface area contributed by atoms with Gasteiger partial charge in [-0.3, -0.25) is 10.1 Å². The van der Waals surface area contributed by atoms with Crippen LogP contribution in [0.1, 0.15) is 38.9 Å². The van der Waals surface area contributed by atoms with Crippen LogP contribution in [0.5, 0.6) is 0 Å². The van der Waals surface area contributed by atoms with Gasteiger partial charge in [-0.1, -0.05) is 38.5 Å². The molecule has 0 spiro atoms. The second-order valence-electron chi connectivity index (χ2n) is 7.25. The standard InChI is InChI=1S/C18H26N6O3S/c1-10-5-4-6-14(11(10)2)20-17(26)21-15(25)9-28-18-23-22-16(24(18)19)13-7-8-27-12(13)3/h7-8,10-11,14H,4-6,9,19H2,1-3H3,(H2,20,21,25,26)/t10-,11+,14+/m0/s1. The van der Waals surface area contributed by atoms with E-state index in [9.17, 15) is 9.59 Å². The molecule has 28 heavy (non-hydrogen) atoms. The first-order chi connectivity index (χ1) is 13.4. The number of aryl methyl sites for hydroxylation is 1. The molecule has 0 aromatic carbocycles. The Bertz CT molecular complexity index is 848. The fourth-order valence-corrected chi connectivity index (χ4v) is 4.12. The van der Waals surface area contributed by atoms with Crippen molar-refractivity contribution in [3.05, 3.63) is 18.1 Å². The number of nitrogens with two attached hydrogens (primary N) is 1. The molecule has 10 heteroatoms. The van der Waals surface area contributed by atoms with E-state index in [-0.39, 0.29) is 11.8 Å². The Morgan fingerprint density at radius 2 is 2.14 bits per heavy atom. The maximum Gasteiger partial charge on any atom is 0.321 e. The summed E-state index contributed by atoms with van der Waals surface area (Å²) < 4.78 is 6.56. The maximum absolute atomic E-state index is 12.1. The summed E-state index contributed by atoms with van der Waals surface area (Å²) >= 11 is 1.11. The highest BCUT2D eigenvalue weighted by Crippen LogP contribution is 2.29. The minimum Gasteiger partial charge on any atom is -0.469 e. The van der Waals surface area contributed by atoms with Gasteiger partial charge >= 0.3 is 6.03 Å². The molecule has 1 aliphatic carbocycles. The van der Waals surface area contributed by atoms with E-state index in [2.05, 4.69) is 34.7 Å². The molecule has 2 heterocycles. The molecule has 4 N–H and O–H groups in total. The maximum atomic E-state index is 12.1. The van der Waals surface area contributed by atoms with Crippen molar-refractivity contribution in [2.24, 2.45) is 11.8 Å². The van der Waals surface area contributed by atoms with Crippen LogP contribution in [0.3, 0.4) is 0 Å². The lowest BCUT2D eigenvalue weighted by atomic mass is 9.78. The van der Waals surface area contributed by atoms with Crippen LogP contribution in [0.15, 0.2) is 21.9 Å². The molecule has 0 radical (unpaired) electrons. The number of furan rings is 1. The number of imide groups is 1. The number of hydrogen-bond acceptors (Lipinski definition) is 7. The van der Waals surface area contributed by atoms with Gasteiger partial charge in [-0.15, -0.1) is 10.2 Å². The zero-order valence-corrected chi connectivity index (χ0v) is 17.1. The van der Waals surface area contributed by atoms with Crippen LogP contribution in [0.2, 0.25) is 0 Å². The van der Waals surface area contributed by atoms with Gasteiger partial charge < -0.3 is 15.6 Å². The van der Waals surface area contributed by atoms with Crippen LogP contribution in [0.4, 0.5) is 4.79 Å². The molecular formula is C18H26N6O3S. The molecule has 152 valence electrons. The predicted octanol–water partition coefficient (Wildman–Crippen LogP) is 2.30. The number of nitrogens with zero attached hydrogens (tertiary/aromatic N) is 3. The minimum absolute atomic E-state index is 0.00372. The van der Waals surface area contributed by atoms with Gasteiger partial charge in [0.15, 0.2) is 5.82 Å². The highest BCUT2D eigenvalue weighted by Gasteiger charge is 2.28. The second kappa shape index (κ2) is 8.68. The van der Waals surface area contributed by atoms with Crippen molar-refractivity contribution < 1.29 is 14.0 Å². The first-order valence-electron chi connectivity index (χ1n) is 9.35. The van der Waals surface area contributed by atoms with Crippen LogP contribution < -0.4 is 16.5 Å². The SMILES string of the molecule is Cc1occc1-c1nnc(SCC(=O)NC(=O)N[C@@H]2CCC[C@H](C)[C@H]2C)n1N. The first-order valence-corrected chi connectivity index (χ1v) is 10.3. The van der Waals surface area contributed by atoms with Gasteiger partial charge in [-0.05, 0) is 31.2 Å². The molecule has 9 nitrogen and oxygen atoms in total.